The molecule has 2 aliphatic carbocycles. The summed E-state index contributed by atoms with van der Waals surface area (Å²) in [6.07, 6.45) is 7.35. The number of nitrogens with two attached hydrogens (primary N) is 1. The minimum atomic E-state index is -0.119. The minimum absolute atomic E-state index is 0.119. The highest BCUT2D eigenvalue weighted by molar-refractivity contribution is 8.00. The second-order valence-electron chi connectivity index (χ2n) is 5.33. The largest absolute Gasteiger partial charge is 0.321 e. The zero-order chi connectivity index (χ0) is 11.9. The van der Waals surface area contributed by atoms with Gasteiger partial charge < -0.3 is 5.73 Å². The van der Waals surface area contributed by atoms with Crippen LogP contribution in [0.2, 0.25) is 5.02 Å². The molecule has 0 aliphatic heterocycles. The number of rotatable bonds is 3. The zero-order valence-electron chi connectivity index (χ0n) is 9.92. The van der Waals surface area contributed by atoms with Gasteiger partial charge >= 0.3 is 0 Å². The maximum Gasteiger partial charge on any atom is 0.0545 e. The zero-order valence-corrected chi connectivity index (χ0v) is 11.5. The Balaban J connectivity index is 1.84. The molecule has 0 saturated heterocycles. The lowest BCUT2D eigenvalue weighted by Gasteiger charge is -2.24. The summed E-state index contributed by atoms with van der Waals surface area (Å²) in [6.45, 7) is 0. The van der Waals surface area contributed by atoms with E-state index in [4.69, 9.17) is 17.3 Å². The van der Waals surface area contributed by atoms with Gasteiger partial charge in [-0.05, 0) is 43.4 Å². The Morgan fingerprint density at radius 3 is 2.53 bits per heavy atom. The Morgan fingerprint density at radius 1 is 1.24 bits per heavy atom. The van der Waals surface area contributed by atoms with Crippen molar-refractivity contribution in [2.24, 2.45) is 5.73 Å². The molecule has 3 rings (SSSR count). The van der Waals surface area contributed by atoms with Crippen LogP contribution in [0.1, 0.15) is 44.1 Å². The third kappa shape index (κ3) is 2.49. The molecule has 17 heavy (non-hydrogen) atoms. The SMILES string of the molecule is NC1(c2ccc(SC3CC3)c(Cl)c2)CCCC1. The maximum absolute atomic E-state index is 6.45. The molecular formula is C14H18ClNS. The summed E-state index contributed by atoms with van der Waals surface area (Å²) in [4.78, 5) is 1.22. The van der Waals surface area contributed by atoms with Crippen molar-refractivity contribution in [1.29, 1.82) is 0 Å². The summed E-state index contributed by atoms with van der Waals surface area (Å²) >= 11 is 8.28. The van der Waals surface area contributed by atoms with Crippen molar-refractivity contribution >= 4 is 23.4 Å². The first-order chi connectivity index (χ1) is 8.17. The molecule has 0 amide bonds. The fourth-order valence-electron chi connectivity index (χ4n) is 2.57. The van der Waals surface area contributed by atoms with Gasteiger partial charge in [0, 0.05) is 15.7 Å². The summed E-state index contributed by atoms with van der Waals surface area (Å²) < 4.78 is 0. The van der Waals surface area contributed by atoms with Crippen LogP contribution in [0, 0.1) is 0 Å². The number of benzene rings is 1. The van der Waals surface area contributed by atoms with Crippen molar-refractivity contribution in [2.45, 2.75) is 54.2 Å². The van der Waals surface area contributed by atoms with Crippen LogP contribution < -0.4 is 5.73 Å². The van der Waals surface area contributed by atoms with Crippen LogP contribution in [-0.2, 0) is 5.54 Å². The lowest BCUT2D eigenvalue weighted by molar-refractivity contribution is 0.461. The fourth-order valence-corrected chi connectivity index (χ4v) is 3.93. The summed E-state index contributed by atoms with van der Waals surface area (Å²) in [7, 11) is 0. The Labute approximate surface area is 112 Å². The lowest BCUT2D eigenvalue weighted by Crippen LogP contribution is -2.32. The molecule has 3 heteroatoms. The van der Waals surface area contributed by atoms with Crippen molar-refractivity contribution in [2.75, 3.05) is 0 Å². The Bertz CT molecular complexity index is 422. The number of hydrogen-bond acceptors (Lipinski definition) is 2. The molecule has 92 valence electrons. The van der Waals surface area contributed by atoms with E-state index in [1.807, 2.05) is 11.8 Å². The highest BCUT2D eigenvalue weighted by Crippen LogP contribution is 2.44. The van der Waals surface area contributed by atoms with Gasteiger partial charge in [-0.25, -0.2) is 0 Å². The molecule has 2 fully saturated rings. The summed E-state index contributed by atoms with van der Waals surface area (Å²) in [5, 5.41) is 1.69. The van der Waals surface area contributed by atoms with Crippen molar-refractivity contribution < 1.29 is 0 Å². The average molecular weight is 268 g/mol. The molecule has 0 unspecified atom stereocenters. The second-order valence-corrected chi connectivity index (χ2v) is 7.08. The molecule has 0 radical (unpaired) electrons. The number of hydrogen-bond donors (Lipinski definition) is 1. The molecule has 2 saturated carbocycles. The highest BCUT2D eigenvalue weighted by Gasteiger charge is 2.32. The lowest BCUT2D eigenvalue weighted by atomic mass is 9.89. The predicted molar refractivity (Wildman–Crippen MR) is 74.7 cm³/mol. The van der Waals surface area contributed by atoms with Gasteiger partial charge in [-0.2, -0.15) is 0 Å². The molecule has 2 aliphatic rings. The third-order valence-electron chi connectivity index (χ3n) is 3.82. The number of halogens is 1. The summed E-state index contributed by atoms with van der Waals surface area (Å²) in [5.74, 6) is 0. The van der Waals surface area contributed by atoms with E-state index in [-0.39, 0.29) is 5.54 Å². The molecule has 1 aromatic rings. The quantitative estimate of drug-likeness (QED) is 0.883. The van der Waals surface area contributed by atoms with Gasteiger partial charge in [0.1, 0.15) is 0 Å². The van der Waals surface area contributed by atoms with Crippen molar-refractivity contribution in [3.05, 3.63) is 28.8 Å². The Morgan fingerprint density at radius 2 is 1.94 bits per heavy atom. The van der Waals surface area contributed by atoms with Crippen LogP contribution in [0.3, 0.4) is 0 Å². The summed E-state index contributed by atoms with van der Waals surface area (Å²) in [6, 6.07) is 6.44. The van der Waals surface area contributed by atoms with Gasteiger partial charge in [-0.3, -0.25) is 0 Å². The molecule has 2 N–H and O–H groups in total. The van der Waals surface area contributed by atoms with Gasteiger partial charge in [-0.15, -0.1) is 11.8 Å². The molecule has 1 nitrogen and oxygen atoms in total. The molecular weight excluding hydrogens is 250 g/mol. The van der Waals surface area contributed by atoms with E-state index >= 15 is 0 Å². The normalized spacial score (nSPS) is 22.9. The summed E-state index contributed by atoms with van der Waals surface area (Å²) in [5.41, 5.74) is 7.55. The Hall–Kier alpha value is -0.180. The average Bonchev–Trinajstić information content (AvgIpc) is 3.02. The van der Waals surface area contributed by atoms with Gasteiger partial charge in [-0.1, -0.05) is 30.5 Å². The van der Waals surface area contributed by atoms with Crippen LogP contribution in [0.15, 0.2) is 23.1 Å². The van der Waals surface area contributed by atoms with E-state index in [0.717, 1.165) is 23.1 Å². The van der Waals surface area contributed by atoms with Gasteiger partial charge in [0.05, 0.1) is 5.02 Å². The van der Waals surface area contributed by atoms with E-state index in [2.05, 4.69) is 18.2 Å². The standard InChI is InChI=1S/C14H18ClNS/c15-12-9-10(14(16)7-1-2-8-14)3-6-13(12)17-11-4-5-11/h3,6,9,11H,1-2,4-5,7-8,16H2. The van der Waals surface area contributed by atoms with E-state index in [1.165, 1.54) is 36.1 Å². The van der Waals surface area contributed by atoms with Crippen LogP contribution in [0.5, 0.6) is 0 Å². The minimum Gasteiger partial charge on any atom is -0.321 e. The van der Waals surface area contributed by atoms with Crippen LogP contribution in [0.25, 0.3) is 0 Å². The first-order valence-electron chi connectivity index (χ1n) is 6.43. The van der Waals surface area contributed by atoms with E-state index in [1.54, 1.807) is 0 Å². The molecule has 0 spiro atoms. The maximum atomic E-state index is 6.45. The van der Waals surface area contributed by atoms with E-state index < -0.39 is 0 Å². The number of thioether (sulfide) groups is 1. The molecule has 1 aromatic carbocycles. The van der Waals surface area contributed by atoms with Crippen LogP contribution in [-0.4, -0.2) is 5.25 Å². The molecule has 0 aromatic heterocycles. The topological polar surface area (TPSA) is 26.0 Å². The van der Waals surface area contributed by atoms with Gasteiger partial charge in [0.15, 0.2) is 0 Å². The molecule has 0 heterocycles. The first-order valence-corrected chi connectivity index (χ1v) is 7.69. The Kier molecular flexibility index (Phi) is 3.14. The highest BCUT2D eigenvalue weighted by atomic mass is 35.5. The van der Waals surface area contributed by atoms with E-state index in [9.17, 15) is 0 Å². The van der Waals surface area contributed by atoms with Crippen LogP contribution in [0.4, 0.5) is 0 Å². The molecule has 0 atom stereocenters. The van der Waals surface area contributed by atoms with Crippen molar-refractivity contribution in [3.8, 4) is 0 Å². The van der Waals surface area contributed by atoms with Gasteiger partial charge in [0.2, 0.25) is 0 Å². The van der Waals surface area contributed by atoms with Crippen molar-refractivity contribution in [3.63, 3.8) is 0 Å². The monoisotopic (exact) mass is 267 g/mol. The van der Waals surface area contributed by atoms with E-state index in [0.29, 0.717) is 0 Å². The molecule has 0 bridgehead atoms. The third-order valence-corrected chi connectivity index (χ3v) is 5.66. The smallest absolute Gasteiger partial charge is 0.0545 e. The predicted octanol–water partition coefficient (Wildman–Crippen LogP) is 4.32. The van der Waals surface area contributed by atoms with Crippen molar-refractivity contribution in [1.82, 2.24) is 0 Å². The fraction of sp³-hybridized carbons (Fsp3) is 0.571. The van der Waals surface area contributed by atoms with Crippen LogP contribution >= 0.6 is 23.4 Å². The first kappa shape index (κ1) is 11.9. The second kappa shape index (κ2) is 4.49. The van der Waals surface area contributed by atoms with Gasteiger partial charge in [0.25, 0.3) is 0 Å².